The number of para-hydroxylation sites is 1. The Bertz CT molecular complexity index is 684. The predicted molar refractivity (Wildman–Crippen MR) is 84.7 cm³/mol. The van der Waals surface area contributed by atoms with E-state index in [0.29, 0.717) is 13.1 Å². The molecule has 1 aliphatic rings. The predicted octanol–water partition coefficient (Wildman–Crippen LogP) is 3.36. The van der Waals surface area contributed by atoms with E-state index >= 15 is 0 Å². The molecule has 122 valence electrons. The topological polar surface area (TPSA) is 38.2 Å². The third-order valence-corrected chi connectivity index (χ3v) is 4.32. The van der Waals surface area contributed by atoms with Gasteiger partial charge in [0, 0.05) is 43.4 Å². The van der Waals surface area contributed by atoms with Gasteiger partial charge in [-0.15, -0.1) is 0 Å². The molecular formula is C16H17F2N3OS. The Balaban J connectivity index is 1.72. The number of aromatic nitrogens is 2. The molecule has 0 amide bonds. The van der Waals surface area contributed by atoms with Crippen molar-refractivity contribution in [2.45, 2.75) is 31.3 Å². The number of fused-ring (bicyclic) bond motifs is 1. The maximum absolute atomic E-state index is 12.5. The van der Waals surface area contributed by atoms with Gasteiger partial charge in [0.2, 0.25) is 0 Å². The number of hydrogen-bond acceptors (Lipinski definition) is 5. The first-order valence-corrected chi connectivity index (χ1v) is 8.52. The first kappa shape index (κ1) is 16.1. The highest BCUT2D eigenvalue weighted by Crippen LogP contribution is 2.25. The average molecular weight is 337 g/mol. The Kier molecular flexibility index (Phi) is 5.07. The smallest absolute Gasteiger partial charge is 0.387 e. The molecule has 4 nitrogen and oxygen atoms in total. The van der Waals surface area contributed by atoms with E-state index in [4.69, 9.17) is 0 Å². The zero-order chi connectivity index (χ0) is 16.2. The summed E-state index contributed by atoms with van der Waals surface area (Å²) in [5.74, 6) is 0.238. The first-order valence-electron chi connectivity index (χ1n) is 7.29. The molecule has 0 radical (unpaired) electrons. The minimum atomic E-state index is -2.81. The fraction of sp³-hybridized carbons (Fsp3) is 0.375. The van der Waals surface area contributed by atoms with Gasteiger partial charge in [-0.05, 0) is 12.3 Å². The van der Waals surface area contributed by atoms with Crippen molar-refractivity contribution in [3.05, 3.63) is 47.3 Å². The normalized spacial score (nSPS) is 14.8. The van der Waals surface area contributed by atoms with Crippen LogP contribution in [0.1, 0.15) is 16.8 Å². The quantitative estimate of drug-likeness (QED) is 0.618. The van der Waals surface area contributed by atoms with Crippen molar-refractivity contribution in [3.8, 4) is 5.75 Å². The van der Waals surface area contributed by atoms with Gasteiger partial charge in [-0.3, -0.25) is 4.90 Å². The molecule has 2 aromatic rings. The number of halogens is 2. The van der Waals surface area contributed by atoms with Gasteiger partial charge in [0.15, 0.2) is 5.16 Å². The molecule has 1 aromatic carbocycles. The van der Waals surface area contributed by atoms with Crippen molar-refractivity contribution in [2.24, 2.45) is 0 Å². The molecule has 2 heterocycles. The monoisotopic (exact) mass is 337 g/mol. The van der Waals surface area contributed by atoms with Crippen molar-refractivity contribution in [1.82, 2.24) is 14.9 Å². The van der Waals surface area contributed by atoms with Crippen LogP contribution in [-0.4, -0.2) is 34.3 Å². The molecule has 0 bridgehead atoms. The van der Waals surface area contributed by atoms with Gasteiger partial charge in [-0.1, -0.05) is 30.0 Å². The summed E-state index contributed by atoms with van der Waals surface area (Å²) in [6, 6.07) is 6.93. The molecule has 3 rings (SSSR count). The van der Waals surface area contributed by atoms with Crippen LogP contribution in [0, 0.1) is 0 Å². The molecule has 0 saturated heterocycles. The zero-order valence-electron chi connectivity index (χ0n) is 12.7. The lowest BCUT2D eigenvalue weighted by molar-refractivity contribution is -0.0508. The Hall–Kier alpha value is -1.73. The summed E-state index contributed by atoms with van der Waals surface area (Å²) in [7, 11) is 0. The van der Waals surface area contributed by atoms with E-state index in [1.165, 1.54) is 11.8 Å². The lowest BCUT2D eigenvalue weighted by Gasteiger charge is -2.28. The van der Waals surface area contributed by atoms with E-state index in [1.807, 2.05) is 24.6 Å². The molecule has 0 N–H and O–H groups in total. The number of benzene rings is 1. The number of nitrogens with zero attached hydrogens (tertiary/aromatic N) is 3. The van der Waals surface area contributed by atoms with Crippen LogP contribution < -0.4 is 4.74 Å². The summed E-state index contributed by atoms with van der Waals surface area (Å²) in [6.45, 7) is -0.697. The van der Waals surface area contributed by atoms with Crippen molar-refractivity contribution < 1.29 is 13.5 Å². The number of rotatable bonds is 5. The third kappa shape index (κ3) is 3.97. The number of hydrogen-bond donors (Lipinski definition) is 0. The van der Waals surface area contributed by atoms with Crippen LogP contribution >= 0.6 is 11.8 Å². The molecule has 0 saturated carbocycles. The molecule has 0 fully saturated rings. The average Bonchev–Trinajstić information content (AvgIpc) is 2.55. The van der Waals surface area contributed by atoms with Crippen molar-refractivity contribution >= 4 is 11.8 Å². The lowest BCUT2D eigenvalue weighted by Crippen LogP contribution is -2.31. The van der Waals surface area contributed by atoms with Gasteiger partial charge >= 0.3 is 6.61 Å². The zero-order valence-corrected chi connectivity index (χ0v) is 13.5. The second-order valence-electron chi connectivity index (χ2n) is 5.28. The fourth-order valence-corrected chi connectivity index (χ4v) is 3.04. The van der Waals surface area contributed by atoms with Gasteiger partial charge in [0.1, 0.15) is 5.75 Å². The molecule has 0 unspecified atom stereocenters. The minimum Gasteiger partial charge on any atom is -0.434 e. The van der Waals surface area contributed by atoms with E-state index in [1.54, 1.807) is 12.1 Å². The molecule has 23 heavy (non-hydrogen) atoms. The van der Waals surface area contributed by atoms with Crippen LogP contribution in [-0.2, 0) is 19.5 Å². The Labute approximate surface area is 137 Å². The summed E-state index contributed by atoms with van der Waals surface area (Å²) in [4.78, 5) is 11.0. The van der Waals surface area contributed by atoms with Crippen LogP contribution in [0.3, 0.4) is 0 Å². The third-order valence-electron chi connectivity index (χ3n) is 3.76. The fourth-order valence-electron chi connectivity index (χ4n) is 2.68. The Morgan fingerprint density at radius 2 is 2.17 bits per heavy atom. The minimum absolute atomic E-state index is 0.238. The molecule has 0 spiro atoms. The number of alkyl halides is 2. The Morgan fingerprint density at radius 1 is 1.35 bits per heavy atom. The highest BCUT2D eigenvalue weighted by atomic mass is 32.2. The molecule has 7 heteroatoms. The van der Waals surface area contributed by atoms with E-state index in [-0.39, 0.29) is 5.75 Å². The molecule has 1 aromatic heterocycles. The molecular weight excluding hydrogens is 320 g/mol. The van der Waals surface area contributed by atoms with Crippen molar-refractivity contribution in [3.63, 3.8) is 0 Å². The van der Waals surface area contributed by atoms with Crippen molar-refractivity contribution in [1.29, 1.82) is 0 Å². The summed E-state index contributed by atoms with van der Waals surface area (Å²) in [5, 5.41) is 0.785. The standard InChI is InChI=1S/C16H17F2N3OS/c1-23-16-19-8-12-10-21(7-6-13(12)20-16)9-11-4-2-3-5-14(11)22-15(17)18/h2-5,8,15H,6-7,9-10H2,1H3. The van der Waals surface area contributed by atoms with Gasteiger partial charge in [-0.25, -0.2) is 9.97 Å². The van der Waals surface area contributed by atoms with Crippen LogP contribution in [0.4, 0.5) is 8.78 Å². The van der Waals surface area contributed by atoms with Gasteiger partial charge < -0.3 is 4.74 Å². The van der Waals surface area contributed by atoms with Crippen LogP contribution in [0.15, 0.2) is 35.6 Å². The first-order chi connectivity index (χ1) is 11.2. The maximum Gasteiger partial charge on any atom is 0.387 e. The summed E-state index contributed by atoms with van der Waals surface area (Å²) in [5.41, 5.74) is 2.94. The number of ether oxygens (including phenoxy) is 1. The van der Waals surface area contributed by atoms with E-state index in [0.717, 1.165) is 34.9 Å². The largest absolute Gasteiger partial charge is 0.434 e. The van der Waals surface area contributed by atoms with Gasteiger partial charge in [0.25, 0.3) is 0 Å². The molecule has 0 atom stereocenters. The van der Waals surface area contributed by atoms with Gasteiger partial charge in [-0.2, -0.15) is 8.78 Å². The van der Waals surface area contributed by atoms with Crippen molar-refractivity contribution in [2.75, 3.05) is 12.8 Å². The summed E-state index contributed by atoms with van der Waals surface area (Å²) < 4.78 is 29.6. The van der Waals surface area contributed by atoms with Crippen LogP contribution in [0.5, 0.6) is 5.75 Å². The lowest BCUT2D eigenvalue weighted by atomic mass is 10.1. The van der Waals surface area contributed by atoms with E-state index in [2.05, 4.69) is 19.6 Å². The summed E-state index contributed by atoms with van der Waals surface area (Å²) >= 11 is 1.53. The Morgan fingerprint density at radius 3 is 2.96 bits per heavy atom. The second-order valence-corrected chi connectivity index (χ2v) is 6.05. The van der Waals surface area contributed by atoms with Crippen LogP contribution in [0.25, 0.3) is 0 Å². The van der Waals surface area contributed by atoms with E-state index < -0.39 is 6.61 Å². The SMILES string of the molecule is CSc1ncc2c(n1)CCN(Cc1ccccc1OC(F)F)C2. The van der Waals surface area contributed by atoms with Gasteiger partial charge in [0.05, 0.1) is 5.69 Å². The molecule has 0 aliphatic carbocycles. The molecule has 1 aliphatic heterocycles. The number of thioether (sulfide) groups is 1. The van der Waals surface area contributed by atoms with Crippen LogP contribution in [0.2, 0.25) is 0 Å². The summed E-state index contributed by atoms with van der Waals surface area (Å²) in [6.07, 6.45) is 4.65. The maximum atomic E-state index is 12.5. The highest BCUT2D eigenvalue weighted by molar-refractivity contribution is 7.98. The van der Waals surface area contributed by atoms with E-state index in [9.17, 15) is 8.78 Å². The second kappa shape index (κ2) is 7.23. The highest BCUT2D eigenvalue weighted by Gasteiger charge is 2.20.